The number of ether oxygens (including phenoxy) is 2. The molecule has 1 amide bonds. The first-order valence-corrected chi connectivity index (χ1v) is 11.0. The number of hydrogen-bond donors (Lipinski definition) is 1. The molecule has 0 fully saturated rings. The third-order valence-electron chi connectivity index (χ3n) is 5.94. The fourth-order valence-corrected chi connectivity index (χ4v) is 5.03. The van der Waals surface area contributed by atoms with Gasteiger partial charge < -0.3 is 19.3 Å². The maximum absolute atomic E-state index is 13.0. The molecule has 0 aliphatic carbocycles. The molecule has 0 saturated carbocycles. The van der Waals surface area contributed by atoms with Gasteiger partial charge >= 0.3 is 0 Å². The normalized spacial score (nSPS) is 16.7. The average molecular weight is 427 g/mol. The van der Waals surface area contributed by atoms with Gasteiger partial charge in [0, 0.05) is 19.0 Å². The van der Waals surface area contributed by atoms with Crippen molar-refractivity contribution in [2.75, 3.05) is 34.4 Å². The highest BCUT2D eigenvalue weighted by atomic mass is 32.1. The number of hydrogen-bond acceptors (Lipinski definition) is 5. The van der Waals surface area contributed by atoms with Crippen LogP contribution in [0.3, 0.4) is 0 Å². The minimum atomic E-state index is -0.0456. The number of rotatable bonds is 6. The van der Waals surface area contributed by atoms with Gasteiger partial charge in [-0.15, -0.1) is 11.3 Å². The Hall–Kier alpha value is -2.64. The molecule has 0 radical (unpaired) electrons. The number of para-hydroxylation sites is 1. The topological polar surface area (TPSA) is 56.1 Å². The summed E-state index contributed by atoms with van der Waals surface area (Å²) in [5, 5.41) is 0.975. The lowest BCUT2D eigenvalue weighted by atomic mass is 9.98. The van der Waals surface area contributed by atoms with Crippen LogP contribution < -0.4 is 14.4 Å². The molecule has 1 aliphatic rings. The lowest BCUT2D eigenvalue weighted by Gasteiger charge is -2.29. The predicted octanol–water partition coefficient (Wildman–Crippen LogP) is 2.47. The summed E-state index contributed by atoms with van der Waals surface area (Å²) in [4.78, 5) is 20.8. The molecule has 6 nitrogen and oxygen atoms in total. The van der Waals surface area contributed by atoms with E-state index in [1.807, 2.05) is 43.1 Å². The molecule has 158 valence electrons. The minimum absolute atomic E-state index is 0.0456. The van der Waals surface area contributed by atoms with Gasteiger partial charge in [-0.25, -0.2) is 4.98 Å². The van der Waals surface area contributed by atoms with E-state index in [2.05, 4.69) is 12.1 Å². The van der Waals surface area contributed by atoms with Crippen LogP contribution in [0.1, 0.15) is 29.1 Å². The number of amides is 1. The van der Waals surface area contributed by atoms with Crippen molar-refractivity contribution in [1.29, 1.82) is 0 Å². The third-order valence-corrected chi connectivity index (χ3v) is 7.14. The van der Waals surface area contributed by atoms with Crippen molar-refractivity contribution in [3.63, 3.8) is 0 Å². The van der Waals surface area contributed by atoms with Crippen LogP contribution in [0.4, 0.5) is 0 Å². The number of likely N-dealkylation sites (N-methyl/N-ethyl adjacent to an activating group) is 1. The first kappa shape index (κ1) is 20.6. The van der Waals surface area contributed by atoms with Crippen LogP contribution >= 0.6 is 11.3 Å². The molecular weight excluding hydrogens is 398 g/mol. The van der Waals surface area contributed by atoms with E-state index in [0.717, 1.165) is 46.2 Å². The van der Waals surface area contributed by atoms with Gasteiger partial charge in [0.15, 0.2) is 18.0 Å². The fourth-order valence-electron chi connectivity index (χ4n) is 3.97. The van der Waals surface area contributed by atoms with Crippen molar-refractivity contribution in [3.05, 3.63) is 52.5 Å². The molecule has 30 heavy (non-hydrogen) atoms. The molecule has 0 spiro atoms. The number of carbonyl (C=O) groups excluding carboxylic acids is 1. The molecule has 2 heterocycles. The van der Waals surface area contributed by atoms with E-state index in [1.54, 1.807) is 25.6 Å². The van der Waals surface area contributed by atoms with Crippen molar-refractivity contribution in [1.82, 2.24) is 9.88 Å². The molecule has 0 saturated heterocycles. The van der Waals surface area contributed by atoms with Crippen LogP contribution in [-0.2, 0) is 17.8 Å². The Morgan fingerprint density at radius 1 is 1.20 bits per heavy atom. The Balaban J connectivity index is 1.43. The minimum Gasteiger partial charge on any atom is -0.493 e. The van der Waals surface area contributed by atoms with E-state index in [-0.39, 0.29) is 11.9 Å². The summed E-state index contributed by atoms with van der Waals surface area (Å²) in [6, 6.07) is 12.2. The Labute approximate surface area is 181 Å². The summed E-state index contributed by atoms with van der Waals surface area (Å²) in [7, 11) is 5.19. The largest absolute Gasteiger partial charge is 0.493 e. The number of nitrogens with one attached hydrogen (secondary N) is 1. The molecule has 3 aromatic rings. The van der Waals surface area contributed by atoms with Crippen LogP contribution in [0, 0.1) is 0 Å². The zero-order chi connectivity index (χ0) is 21.3. The molecule has 2 atom stereocenters. The van der Waals surface area contributed by atoms with E-state index < -0.39 is 0 Å². The second-order valence-electron chi connectivity index (χ2n) is 7.78. The highest BCUT2D eigenvalue weighted by molar-refractivity contribution is 7.18. The third kappa shape index (κ3) is 4.00. The highest BCUT2D eigenvalue weighted by Gasteiger charge is 2.27. The van der Waals surface area contributed by atoms with Crippen LogP contribution in [0.15, 0.2) is 36.4 Å². The lowest BCUT2D eigenvalue weighted by molar-refractivity contribution is -0.908. The summed E-state index contributed by atoms with van der Waals surface area (Å²) in [6.45, 7) is 4.26. The Morgan fingerprint density at radius 2 is 1.90 bits per heavy atom. The molecule has 1 N–H and O–H groups in total. The first-order chi connectivity index (χ1) is 14.5. The van der Waals surface area contributed by atoms with E-state index in [1.165, 1.54) is 16.0 Å². The number of nitrogens with zero attached hydrogens (tertiary/aromatic N) is 2. The second-order valence-corrected chi connectivity index (χ2v) is 8.84. The zero-order valence-corrected chi connectivity index (χ0v) is 18.7. The second kappa shape index (κ2) is 8.62. The molecule has 1 unspecified atom stereocenters. The van der Waals surface area contributed by atoms with Crippen molar-refractivity contribution < 1.29 is 19.2 Å². The maximum atomic E-state index is 13.0. The molecule has 7 heteroatoms. The monoisotopic (exact) mass is 426 g/mol. The number of fused-ring (bicyclic) bond motifs is 2. The van der Waals surface area contributed by atoms with Gasteiger partial charge in [-0.05, 0) is 36.8 Å². The van der Waals surface area contributed by atoms with Crippen LogP contribution in [-0.4, -0.2) is 50.1 Å². The Bertz CT molecular complexity index is 1030. The van der Waals surface area contributed by atoms with E-state index in [0.29, 0.717) is 6.54 Å². The van der Waals surface area contributed by atoms with Crippen LogP contribution in [0.5, 0.6) is 11.5 Å². The van der Waals surface area contributed by atoms with Gasteiger partial charge in [-0.2, -0.15) is 0 Å². The van der Waals surface area contributed by atoms with Crippen molar-refractivity contribution in [2.45, 2.75) is 25.9 Å². The summed E-state index contributed by atoms with van der Waals surface area (Å²) in [5.41, 5.74) is 3.50. The van der Waals surface area contributed by atoms with Crippen molar-refractivity contribution >= 4 is 27.5 Å². The smallest absolute Gasteiger partial charge is 0.278 e. The van der Waals surface area contributed by atoms with E-state index in [4.69, 9.17) is 14.5 Å². The number of thiazole rings is 1. The zero-order valence-electron chi connectivity index (χ0n) is 17.9. The molecule has 1 aliphatic heterocycles. The fraction of sp³-hybridized carbons (Fsp3) is 0.391. The Morgan fingerprint density at radius 3 is 2.60 bits per heavy atom. The summed E-state index contributed by atoms with van der Waals surface area (Å²) in [5.74, 6) is 1.64. The Kier molecular flexibility index (Phi) is 5.92. The number of methoxy groups -OCH3 is 2. The van der Waals surface area contributed by atoms with Gasteiger partial charge in [0.25, 0.3) is 5.91 Å². The molecular formula is C23H28N3O3S+. The number of benzene rings is 2. The van der Waals surface area contributed by atoms with E-state index >= 15 is 0 Å². The van der Waals surface area contributed by atoms with Gasteiger partial charge in [-0.1, -0.05) is 12.1 Å². The highest BCUT2D eigenvalue weighted by Crippen LogP contribution is 2.31. The number of carbonyl (C=O) groups is 1. The van der Waals surface area contributed by atoms with Gasteiger partial charge in [-0.3, -0.25) is 4.79 Å². The van der Waals surface area contributed by atoms with Gasteiger partial charge in [0.1, 0.15) is 11.6 Å². The van der Waals surface area contributed by atoms with Crippen molar-refractivity contribution in [3.8, 4) is 11.5 Å². The predicted molar refractivity (Wildman–Crippen MR) is 118 cm³/mol. The van der Waals surface area contributed by atoms with E-state index in [9.17, 15) is 4.79 Å². The van der Waals surface area contributed by atoms with Crippen molar-refractivity contribution in [2.24, 2.45) is 0 Å². The SMILES string of the molecule is COc1cc2c(cc1OC)C[NH+](CC(=O)N(C)[C@@H](C)c1nc3ccccc3s1)CC2. The average Bonchev–Trinajstić information content (AvgIpc) is 3.21. The first-order valence-electron chi connectivity index (χ1n) is 10.2. The van der Waals surface area contributed by atoms with Crippen LogP contribution in [0.25, 0.3) is 10.2 Å². The van der Waals surface area contributed by atoms with Gasteiger partial charge in [0.05, 0.1) is 37.0 Å². The summed E-state index contributed by atoms with van der Waals surface area (Å²) in [6.07, 6.45) is 0.926. The molecule has 1 aromatic heterocycles. The maximum Gasteiger partial charge on any atom is 0.278 e. The number of quaternary nitrogens is 1. The lowest BCUT2D eigenvalue weighted by Crippen LogP contribution is -3.12. The molecule has 2 aromatic carbocycles. The van der Waals surface area contributed by atoms with Crippen LogP contribution in [0.2, 0.25) is 0 Å². The standard InChI is InChI=1S/C23H27N3O3S/c1-15(23-24-18-7-5-6-8-21(18)30-23)25(2)22(27)14-26-10-9-16-11-19(28-3)20(29-4)12-17(16)13-26/h5-8,11-12,15H,9-10,13-14H2,1-4H3/p+1/t15-/m0/s1. The van der Waals surface area contributed by atoms with Gasteiger partial charge in [0.2, 0.25) is 0 Å². The summed E-state index contributed by atoms with van der Waals surface area (Å²) >= 11 is 1.66. The number of aromatic nitrogens is 1. The molecule has 0 bridgehead atoms. The molecule has 4 rings (SSSR count). The quantitative estimate of drug-likeness (QED) is 0.658. The summed E-state index contributed by atoms with van der Waals surface area (Å²) < 4.78 is 12.0.